The number of para-hydroxylation sites is 1. The number of hydrogen-bond donors (Lipinski definition) is 3. The summed E-state index contributed by atoms with van der Waals surface area (Å²) < 4.78 is 6.64. The number of unbranched alkanes of at least 4 members (excludes halogenated alkanes) is 2. The van der Waals surface area contributed by atoms with E-state index in [1.165, 1.54) is 47.3 Å². The number of ether oxygens (including phenoxy) is 1. The van der Waals surface area contributed by atoms with Crippen molar-refractivity contribution < 1.29 is 32.7 Å². The average molecular weight is 467 g/mol. The second-order valence-electron chi connectivity index (χ2n) is 10.4. The Kier molecular flexibility index (Phi) is 4.70. The molecule has 2 aromatic carbocycles. The van der Waals surface area contributed by atoms with E-state index in [2.05, 4.69) is 47.5 Å². The second kappa shape index (κ2) is 7.22. The minimum absolute atomic E-state index is 0. The number of aromatic hydroxyl groups is 1. The maximum Gasteiger partial charge on any atom is 0.186 e. The molecule has 5 aliphatic rings. The lowest BCUT2D eigenvalue weighted by molar-refractivity contribution is -0.524. The Morgan fingerprint density at radius 1 is 1.18 bits per heavy atom. The number of phenolic OH excluding ortho intramolecular Hbond substituents is 1. The van der Waals surface area contributed by atoms with Crippen LogP contribution in [0, 0.1) is 0 Å². The molecule has 0 aromatic heterocycles. The van der Waals surface area contributed by atoms with Gasteiger partial charge in [-0.3, -0.25) is 10.2 Å². The predicted octanol–water partition coefficient (Wildman–Crippen LogP) is -0.0298. The van der Waals surface area contributed by atoms with Crippen molar-refractivity contribution in [2.75, 3.05) is 13.1 Å². The van der Waals surface area contributed by atoms with E-state index in [1.54, 1.807) is 6.07 Å². The highest BCUT2D eigenvalue weighted by Crippen LogP contribution is 2.67. The van der Waals surface area contributed by atoms with Gasteiger partial charge < -0.3 is 27.4 Å². The molecule has 2 aliphatic carbocycles. The monoisotopic (exact) mass is 466 g/mol. The molecule has 3 aliphatic heterocycles. The van der Waals surface area contributed by atoms with Crippen molar-refractivity contribution in [3.8, 4) is 11.5 Å². The molecular weight excluding hydrogens is 436 g/mol. The van der Waals surface area contributed by atoms with Crippen LogP contribution in [0.15, 0.2) is 42.1 Å². The molecule has 3 heterocycles. The standard InChI is InChI=1S/C27H30N2O3.ClH/c1-2-3-6-12-29-13-11-26-22-16-9-10-20(30)24(22)32-25(26)23-18(15-27(26,31)21(29)14-16)17-7-4-5-8-19(17)28-23;/h4-5,7-10,21,25,28,30-31H,2-3,6,11-15H2,1H3;1H/t21-,25+,26+,27-;/m1./s1. The van der Waals surface area contributed by atoms with E-state index in [0.29, 0.717) is 12.2 Å². The number of piperidine rings is 1. The smallest absolute Gasteiger partial charge is 0.186 e. The third-order valence-electron chi connectivity index (χ3n) is 9.05. The summed E-state index contributed by atoms with van der Waals surface area (Å²) in [6.07, 6.45) is 5.69. The lowest BCUT2D eigenvalue weighted by atomic mass is 9.49. The van der Waals surface area contributed by atoms with E-state index in [-0.39, 0.29) is 30.3 Å². The Morgan fingerprint density at radius 3 is 2.88 bits per heavy atom. The Labute approximate surface area is 200 Å². The van der Waals surface area contributed by atoms with Crippen molar-refractivity contribution in [3.63, 3.8) is 0 Å². The topological polar surface area (TPSA) is 69.5 Å². The second-order valence-corrected chi connectivity index (χ2v) is 10.4. The van der Waals surface area contributed by atoms with Gasteiger partial charge in [-0.15, -0.1) is 0 Å². The number of fused-ring (bicyclic) bond motifs is 3. The van der Waals surface area contributed by atoms with Crippen LogP contribution in [-0.4, -0.2) is 45.9 Å². The Morgan fingerprint density at radius 2 is 2.03 bits per heavy atom. The van der Waals surface area contributed by atoms with Gasteiger partial charge in [-0.25, -0.2) is 0 Å². The zero-order chi connectivity index (χ0) is 21.7. The summed E-state index contributed by atoms with van der Waals surface area (Å²) in [5, 5.41) is 25.8. The summed E-state index contributed by atoms with van der Waals surface area (Å²) in [5.41, 5.74) is 5.83. The molecule has 4 N–H and O–H groups in total. The molecule has 5 nitrogen and oxygen atoms in total. The lowest BCUT2D eigenvalue weighted by Crippen LogP contribution is -3.00. The number of aliphatic hydroxyl groups is 1. The fourth-order valence-electron chi connectivity index (χ4n) is 7.68. The lowest BCUT2D eigenvalue weighted by Gasteiger charge is -2.62. The zero-order valence-electron chi connectivity index (χ0n) is 19.0. The van der Waals surface area contributed by atoms with Crippen LogP contribution in [0.1, 0.15) is 55.7 Å². The van der Waals surface area contributed by atoms with Crippen LogP contribution in [0.3, 0.4) is 0 Å². The van der Waals surface area contributed by atoms with Crippen LogP contribution < -0.4 is 22.5 Å². The average Bonchev–Trinajstić information content (AvgIpc) is 3.32. The molecule has 4 atom stereocenters. The minimum Gasteiger partial charge on any atom is -1.00 e. The first kappa shape index (κ1) is 21.5. The zero-order valence-corrected chi connectivity index (χ0v) is 19.7. The van der Waals surface area contributed by atoms with E-state index >= 15 is 0 Å². The molecule has 7 rings (SSSR count). The van der Waals surface area contributed by atoms with Gasteiger partial charge >= 0.3 is 0 Å². The molecule has 174 valence electrons. The van der Waals surface area contributed by atoms with Crippen molar-refractivity contribution in [2.24, 2.45) is 0 Å². The van der Waals surface area contributed by atoms with E-state index < -0.39 is 11.0 Å². The highest BCUT2D eigenvalue weighted by Gasteiger charge is 2.74. The summed E-state index contributed by atoms with van der Waals surface area (Å²) >= 11 is 0. The Bertz CT molecular complexity index is 1180. The van der Waals surface area contributed by atoms with Gasteiger partial charge in [-0.1, -0.05) is 38.0 Å². The highest BCUT2D eigenvalue weighted by molar-refractivity contribution is 5.82. The number of benzene rings is 2. The van der Waals surface area contributed by atoms with Gasteiger partial charge in [0.25, 0.3) is 0 Å². The van der Waals surface area contributed by atoms with E-state index in [4.69, 9.17) is 4.74 Å². The Balaban J connectivity index is 0.00000206. The molecule has 33 heavy (non-hydrogen) atoms. The number of likely N-dealkylation sites (tertiary alicyclic amines) is 1. The molecule has 2 bridgehead atoms. The van der Waals surface area contributed by atoms with Crippen molar-refractivity contribution in [2.45, 2.75) is 68.6 Å². The molecule has 0 radical (unpaired) electrons. The van der Waals surface area contributed by atoms with E-state index in [0.717, 1.165) is 31.5 Å². The number of nitrogens with two attached hydrogens (primary N) is 1. The van der Waals surface area contributed by atoms with Crippen molar-refractivity contribution >= 4 is 11.3 Å². The first-order valence-corrected chi connectivity index (χ1v) is 12.2. The maximum absolute atomic E-state index is 12.8. The van der Waals surface area contributed by atoms with Crippen molar-refractivity contribution in [1.29, 1.82) is 0 Å². The minimum atomic E-state index is -0.904. The van der Waals surface area contributed by atoms with Crippen LogP contribution in [0.25, 0.3) is 5.57 Å². The molecule has 1 saturated heterocycles. The molecule has 0 saturated carbocycles. The normalized spacial score (nSPS) is 32.5. The number of phenols is 1. The highest BCUT2D eigenvalue weighted by atomic mass is 35.5. The molecule has 0 amide bonds. The fourth-order valence-corrected chi connectivity index (χ4v) is 7.68. The third-order valence-corrected chi connectivity index (χ3v) is 9.05. The largest absolute Gasteiger partial charge is 1.00 e. The van der Waals surface area contributed by atoms with Gasteiger partial charge in [0.1, 0.15) is 5.69 Å². The number of halogens is 1. The Hall–Kier alpha value is -2.05. The van der Waals surface area contributed by atoms with Crippen LogP contribution in [-0.2, 0) is 11.8 Å². The molecule has 2 aromatic rings. The quantitative estimate of drug-likeness (QED) is 0.437. The predicted molar refractivity (Wildman–Crippen MR) is 122 cm³/mol. The third kappa shape index (κ3) is 2.49. The summed E-state index contributed by atoms with van der Waals surface area (Å²) in [6.45, 7) is 4.26. The van der Waals surface area contributed by atoms with Gasteiger partial charge in [0.05, 0.1) is 11.0 Å². The van der Waals surface area contributed by atoms with Crippen LogP contribution in [0.4, 0.5) is 5.69 Å². The summed E-state index contributed by atoms with van der Waals surface area (Å²) in [4.78, 5) is 2.56. The number of quaternary nitrogens is 1. The van der Waals surface area contributed by atoms with Crippen LogP contribution >= 0.6 is 0 Å². The number of rotatable bonds is 4. The summed E-state index contributed by atoms with van der Waals surface area (Å²) in [5.74, 6) is 0.818. The van der Waals surface area contributed by atoms with E-state index in [9.17, 15) is 10.2 Å². The van der Waals surface area contributed by atoms with Gasteiger partial charge in [-0.05, 0) is 50.0 Å². The van der Waals surface area contributed by atoms with Gasteiger partial charge in [0.15, 0.2) is 23.3 Å². The molecule has 0 unspecified atom stereocenters. The fraction of sp³-hybridized carbons (Fsp3) is 0.481. The number of nitrogens with zero attached hydrogens (tertiary/aromatic N) is 1. The van der Waals surface area contributed by atoms with Gasteiger partial charge in [0.2, 0.25) is 0 Å². The van der Waals surface area contributed by atoms with Crippen LogP contribution in [0.2, 0.25) is 0 Å². The van der Waals surface area contributed by atoms with Crippen molar-refractivity contribution in [3.05, 3.63) is 58.8 Å². The first-order chi connectivity index (χ1) is 15.6. The van der Waals surface area contributed by atoms with Crippen molar-refractivity contribution in [1.82, 2.24) is 4.90 Å². The molecular formula is C27H31ClN2O3. The molecule has 1 spiro atoms. The number of hydrogen-bond acceptors (Lipinski definition) is 4. The maximum atomic E-state index is 12.8. The molecule has 6 heteroatoms. The van der Waals surface area contributed by atoms with Gasteiger partial charge in [-0.2, -0.15) is 0 Å². The summed E-state index contributed by atoms with van der Waals surface area (Å²) in [7, 11) is 0. The SMILES string of the molecule is CCCCCN1CC[C@]23c4c5ccc(O)c4O[C@H]2C2=C(C[C@@]3(O)[C@H]1C5)c1ccccc1[NH2+]2.[Cl-]. The van der Waals surface area contributed by atoms with Gasteiger partial charge in [0, 0.05) is 35.2 Å². The summed E-state index contributed by atoms with van der Waals surface area (Å²) in [6, 6.07) is 12.4. The van der Waals surface area contributed by atoms with Crippen LogP contribution in [0.5, 0.6) is 11.5 Å². The first-order valence-electron chi connectivity index (χ1n) is 12.2. The molecule has 1 fully saturated rings. The van der Waals surface area contributed by atoms with E-state index in [1.807, 2.05) is 0 Å².